The molecule has 1 aliphatic carbocycles. The smallest absolute Gasteiger partial charge is 0.00201 e. The summed E-state index contributed by atoms with van der Waals surface area (Å²) in [5.74, 6) is 0. The Morgan fingerprint density at radius 2 is 0.605 bits per heavy atom. The van der Waals surface area contributed by atoms with Crippen LogP contribution in [-0.2, 0) is 0 Å². The number of hydrogen-bond donors (Lipinski definition) is 0. The standard InChI is InChI=1S/C42H26.CH3/c1-2-13-27(14-3-1)40-33-19-8-10-21-35(33)42(36-22-11-9-20-34(36)40)39-26-25-38-31-18-7-5-16-29(31)28-15-4-6-17-30(28)32-23-12-24-37(39)41(32)38;/h1-26H;1H3/q;-1. The lowest BCUT2D eigenvalue weighted by Gasteiger charge is -2.20. The van der Waals surface area contributed by atoms with E-state index in [-0.39, 0.29) is 7.43 Å². The first-order valence-corrected chi connectivity index (χ1v) is 14.6. The van der Waals surface area contributed by atoms with Gasteiger partial charge in [-0.2, -0.15) is 0 Å². The molecule has 8 aromatic carbocycles. The predicted octanol–water partition coefficient (Wildman–Crippen LogP) is 12.2. The van der Waals surface area contributed by atoms with Crippen molar-refractivity contribution in [1.82, 2.24) is 0 Å². The zero-order valence-electron chi connectivity index (χ0n) is 24.0. The van der Waals surface area contributed by atoms with Crippen molar-refractivity contribution in [2.45, 2.75) is 0 Å². The van der Waals surface area contributed by atoms with Crippen LogP contribution < -0.4 is 0 Å². The van der Waals surface area contributed by atoms with E-state index in [4.69, 9.17) is 0 Å². The Hall–Kier alpha value is -5.46. The molecule has 0 aliphatic heterocycles. The van der Waals surface area contributed by atoms with Crippen LogP contribution in [0.2, 0.25) is 0 Å². The second-order valence-corrected chi connectivity index (χ2v) is 11.2. The van der Waals surface area contributed by atoms with Gasteiger partial charge in [-0.1, -0.05) is 158 Å². The molecule has 0 atom stereocenters. The van der Waals surface area contributed by atoms with E-state index in [1.807, 2.05) is 0 Å². The Balaban J connectivity index is 0.00000278. The average molecular weight is 546 g/mol. The van der Waals surface area contributed by atoms with Gasteiger partial charge in [-0.15, -0.1) is 0 Å². The fourth-order valence-electron chi connectivity index (χ4n) is 7.31. The molecule has 0 spiro atoms. The molecule has 0 amide bonds. The first-order chi connectivity index (χ1) is 20.9. The summed E-state index contributed by atoms with van der Waals surface area (Å²) in [5, 5.41) is 7.75. The summed E-state index contributed by atoms with van der Waals surface area (Å²) in [6.07, 6.45) is 0. The Bertz CT molecular complexity index is 2230. The van der Waals surface area contributed by atoms with Crippen molar-refractivity contribution in [1.29, 1.82) is 0 Å². The van der Waals surface area contributed by atoms with Crippen LogP contribution in [0.3, 0.4) is 0 Å². The van der Waals surface area contributed by atoms with E-state index in [1.165, 1.54) is 88.0 Å². The maximum atomic E-state index is 2.37. The fourth-order valence-corrected chi connectivity index (χ4v) is 7.31. The third-order valence-electron chi connectivity index (χ3n) is 9.03. The van der Waals surface area contributed by atoms with E-state index < -0.39 is 0 Å². The largest absolute Gasteiger partial charge is 0.358 e. The van der Waals surface area contributed by atoms with Gasteiger partial charge in [-0.3, -0.25) is 0 Å². The van der Waals surface area contributed by atoms with Gasteiger partial charge in [0.15, 0.2) is 0 Å². The molecule has 202 valence electrons. The van der Waals surface area contributed by atoms with Crippen molar-refractivity contribution in [3.8, 4) is 55.6 Å². The summed E-state index contributed by atoms with van der Waals surface area (Å²) >= 11 is 0. The lowest BCUT2D eigenvalue weighted by molar-refractivity contribution is 1.62. The molecule has 0 nitrogen and oxygen atoms in total. The zero-order chi connectivity index (χ0) is 27.6. The van der Waals surface area contributed by atoms with Crippen molar-refractivity contribution >= 4 is 32.3 Å². The minimum Gasteiger partial charge on any atom is -0.358 e. The fraction of sp³-hybridized carbons (Fsp3) is 0. The molecular formula is C43H29-. The van der Waals surface area contributed by atoms with Crippen LogP contribution in [0.5, 0.6) is 0 Å². The van der Waals surface area contributed by atoms with Crippen LogP contribution >= 0.6 is 0 Å². The average Bonchev–Trinajstić information content (AvgIpc) is 3.18. The molecule has 1 aliphatic rings. The second-order valence-electron chi connectivity index (χ2n) is 11.2. The Morgan fingerprint density at radius 3 is 1.16 bits per heavy atom. The normalized spacial score (nSPS) is 11.5. The summed E-state index contributed by atoms with van der Waals surface area (Å²) in [4.78, 5) is 0. The molecule has 0 saturated heterocycles. The zero-order valence-corrected chi connectivity index (χ0v) is 24.0. The molecule has 0 aromatic heterocycles. The monoisotopic (exact) mass is 545 g/mol. The van der Waals surface area contributed by atoms with E-state index >= 15 is 0 Å². The van der Waals surface area contributed by atoms with Gasteiger partial charge in [0.2, 0.25) is 0 Å². The highest BCUT2D eigenvalue weighted by Crippen LogP contribution is 2.51. The summed E-state index contributed by atoms with van der Waals surface area (Å²) in [6, 6.07) is 58.0. The molecule has 0 fully saturated rings. The van der Waals surface area contributed by atoms with Gasteiger partial charge in [-0.05, 0) is 88.0 Å². The van der Waals surface area contributed by atoms with Crippen LogP contribution in [0.4, 0.5) is 0 Å². The molecular weight excluding hydrogens is 516 g/mol. The first kappa shape index (κ1) is 25.3. The maximum absolute atomic E-state index is 2.37. The molecule has 8 aromatic rings. The summed E-state index contributed by atoms with van der Waals surface area (Å²) in [7, 11) is 0. The lowest BCUT2D eigenvalue weighted by Crippen LogP contribution is -1.93. The van der Waals surface area contributed by atoms with Crippen molar-refractivity contribution in [2.75, 3.05) is 0 Å². The molecule has 0 heterocycles. The van der Waals surface area contributed by atoms with E-state index in [9.17, 15) is 0 Å². The molecule has 9 rings (SSSR count). The van der Waals surface area contributed by atoms with Gasteiger partial charge >= 0.3 is 0 Å². The van der Waals surface area contributed by atoms with E-state index in [2.05, 4.69) is 158 Å². The number of rotatable bonds is 2. The highest BCUT2D eigenvalue weighted by atomic mass is 14.3. The summed E-state index contributed by atoms with van der Waals surface area (Å²) < 4.78 is 0. The van der Waals surface area contributed by atoms with Crippen LogP contribution in [0.25, 0.3) is 88.0 Å². The summed E-state index contributed by atoms with van der Waals surface area (Å²) in [6.45, 7) is 0. The summed E-state index contributed by atoms with van der Waals surface area (Å²) in [5.41, 5.74) is 12.9. The van der Waals surface area contributed by atoms with Gasteiger partial charge < -0.3 is 7.43 Å². The van der Waals surface area contributed by atoms with E-state index in [0.717, 1.165) is 0 Å². The van der Waals surface area contributed by atoms with Crippen molar-refractivity contribution < 1.29 is 0 Å². The first-order valence-electron chi connectivity index (χ1n) is 14.6. The van der Waals surface area contributed by atoms with Gasteiger partial charge in [-0.25, -0.2) is 0 Å². The van der Waals surface area contributed by atoms with Crippen LogP contribution in [0.1, 0.15) is 0 Å². The van der Waals surface area contributed by atoms with Crippen LogP contribution in [0, 0.1) is 7.43 Å². The minimum atomic E-state index is 0. The number of benzene rings is 8. The van der Waals surface area contributed by atoms with Crippen molar-refractivity contribution in [3.63, 3.8) is 0 Å². The number of fused-ring (bicyclic) bond motifs is 7. The highest BCUT2D eigenvalue weighted by molar-refractivity contribution is 6.25. The Morgan fingerprint density at radius 1 is 0.233 bits per heavy atom. The van der Waals surface area contributed by atoms with Gasteiger partial charge in [0, 0.05) is 0 Å². The van der Waals surface area contributed by atoms with Crippen molar-refractivity contribution in [2.24, 2.45) is 0 Å². The van der Waals surface area contributed by atoms with Gasteiger partial charge in [0.05, 0.1) is 0 Å². The Labute approximate surface area is 252 Å². The third kappa shape index (κ3) is 3.63. The number of hydrogen-bond acceptors (Lipinski definition) is 0. The molecule has 0 heteroatoms. The maximum Gasteiger partial charge on any atom is -0.00201 e. The molecule has 0 radical (unpaired) electrons. The predicted molar refractivity (Wildman–Crippen MR) is 186 cm³/mol. The molecule has 0 bridgehead atoms. The SMILES string of the molecule is [CH3-].c1ccc(-c2c3ccccc3c(-c3ccc4c5c(cccc35)-c3ccccc3-c3ccccc3-4)c3ccccc23)cc1. The van der Waals surface area contributed by atoms with Crippen molar-refractivity contribution in [3.05, 3.63) is 165 Å². The topological polar surface area (TPSA) is 0 Å². The highest BCUT2D eigenvalue weighted by Gasteiger charge is 2.24. The van der Waals surface area contributed by atoms with Gasteiger partial charge in [0.1, 0.15) is 0 Å². The molecule has 0 N–H and O–H groups in total. The van der Waals surface area contributed by atoms with Crippen LogP contribution in [0.15, 0.2) is 158 Å². The molecule has 0 unspecified atom stereocenters. The third-order valence-corrected chi connectivity index (χ3v) is 9.03. The Kier molecular flexibility index (Phi) is 5.77. The molecule has 43 heavy (non-hydrogen) atoms. The second kappa shape index (κ2) is 9.82. The van der Waals surface area contributed by atoms with E-state index in [0.29, 0.717) is 0 Å². The lowest BCUT2D eigenvalue weighted by atomic mass is 9.83. The van der Waals surface area contributed by atoms with E-state index in [1.54, 1.807) is 0 Å². The quantitative estimate of drug-likeness (QED) is 0.150. The molecule has 0 saturated carbocycles. The minimum absolute atomic E-state index is 0. The van der Waals surface area contributed by atoms with Gasteiger partial charge in [0.25, 0.3) is 0 Å². The van der Waals surface area contributed by atoms with Crippen LogP contribution in [-0.4, -0.2) is 0 Å².